The van der Waals surface area contributed by atoms with Crippen LogP contribution in [0.1, 0.15) is 24.5 Å². The summed E-state index contributed by atoms with van der Waals surface area (Å²) in [6.07, 6.45) is 1.21. The molecule has 0 aliphatic carbocycles. The van der Waals surface area contributed by atoms with E-state index in [0.717, 1.165) is 18.4 Å². The van der Waals surface area contributed by atoms with Gasteiger partial charge in [0.05, 0.1) is 11.1 Å². The van der Waals surface area contributed by atoms with E-state index < -0.39 is 6.10 Å². The Morgan fingerprint density at radius 2 is 1.84 bits per heavy atom. The SMILES string of the molecule is OC(c1cc(Cl)c2c(c1)OCCO2)C1CCOCC1. The molecule has 2 heterocycles. The number of halogens is 1. The van der Waals surface area contributed by atoms with Crippen molar-refractivity contribution >= 4 is 11.6 Å². The first-order valence-electron chi connectivity index (χ1n) is 6.60. The van der Waals surface area contributed by atoms with Crippen LogP contribution in [0.4, 0.5) is 0 Å². The summed E-state index contributed by atoms with van der Waals surface area (Å²) in [6, 6.07) is 3.61. The first kappa shape index (κ1) is 13.0. The Morgan fingerprint density at radius 1 is 1.11 bits per heavy atom. The van der Waals surface area contributed by atoms with Crippen molar-refractivity contribution < 1.29 is 19.3 Å². The molecule has 1 unspecified atom stereocenters. The molecule has 2 aliphatic heterocycles. The molecule has 2 aliphatic rings. The Hall–Kier alpha value is -0.970. The Morgan fingerprint density at radius 3 is 2.63 bits per heavy atom. The summed E-state index contributed by atoms with van der Waals surface area (Å²) in [5.41, 5.74) is 0.793. The molecule has 0 radical (unpaired) electrons. The van der Waals surface area contributed by atoms with Crippen LogP contribution in [0.5, 0.6) is 11.5 Å². The van der Waals surface area contributed by atoms with E-state index in [4.69, 9.17) is 25.8 Å². The lowest BCUT2D eigenvalue weighted by Crippen LogP contribution is -2.22. The van der Waals surface area contributed by atoms with Gasteiger partial charge in [0.2, 0.25) is 0 Å². The minimum absolute atomic E-state index is 0.215. The molecule has 19 heavy (non-hydrogen) atoms. The van der Waals surface area contributed by atoms with Crippen LogP contribution in [0.25, 0.3) is 0 Å². The lowest BCUT2D eigenvalue weighted by molar-refractivity contribution is 0.00702. The Balaban J connectivity index is 1.85. The molecule has 3 rings (SSSR count). The molecule has 5 heteroatoms. The summed E-state index contributed by atoms with van der Waals surface area (Å²) in [4.78, 5) is 0. The number of ether oxygens (including phenoxy) is 3. The van der Waals surface area contributed by atoms with E-state index in [9.17, 15) is 5.11 Å². The zero-order valence-corrected chi connectivity index (χ0v) is 11.4. The fourth-order valence-corrected chi connectivity index (χ4v) is 2.88. The highest BCUT2D eigenvalue weighted by Gasteiger charge is 2.26. The van der Waals surface area contributed by atoms with E-state index in [1.54, 1.807) is 6.07 Å². The molecule has 1 fully saturated rings. The number of aliphatic hydroxyl groups is 1. The van der Waals surface area contributed by atoms with Crippen molar-refractivity contribution in [1.82, 2.24) is 0 Å². The fourth-order valence-electron chi connectivity index (χ4n) is 2.61. The first-order valence-corrected chi connectivity index (χ1v) is 6.98. The van der Waals surface area contributed by atoms with Gasteiger partial charge in [0.1, 0.15) is 13.2 Å². The number of rotatable bonds is 2. The van der Waals surface area contributed by atoms with Gasteiger partial charge in [-0.3, -0.25) is 0 Å². The molecule has 104 valence electrons. The summed E-state index contributed by atoms with van der Waals surface area (Å²) < 4.78 is 16.3. The number of fused-ring (bicyclic) bond motifs is 1. The molecule has 0 spiro atoms. The van der Waals surface area contributed by atoms with Crippen LogP contribution in [0.15, 0.2) is 12.1 Å². The van der Waals surface area contributed by atoms with Crippen LogP contribution in [0.3, 0.4) is 0 Å². The summed E-state index contributed by atoms with van der Waals surface area (Å²) >= 11 is 6.19. The Kier molecular flexibility index (Phi) is 3.82. The smallest absolute Gasteiger partial charge is 0.179 e. The number of hydrogen-bond donors (Lipinski definition) is 1. The highest BCUT2D eigenvalue weighted by molar-refractivity contribution is 6.32. The number of hydrogen-bond acceptors (Lipinski definition) is 4. The van der Waals surface area contributed by atoms with E-state index in [-0.39, 0.29) is 5.92 Å². The maximum Gasteiger partial charge on any atom is 0.179 e. The summed E-state index contributed by atoms with van der Waals surface area (Å²) in [7, 11) is 0. The molecule has 0 aromatic heterocycles. The molecular formula is C14H17ClO4. The number of benzene rings is 1. The largest absolute Gasteiger partial charge is 0.486 e. The van der Waals surface area contributed by atoms with Crippen molar-refractivity contribution in [3.63, 3.8) is 0 Å². The minimum atomic E-state index is -0.530. The van der Waals surface area contributed by atoms with Crippen molar-refractivity contribution in [2.75, 3.05) is 26.4 Å². The van der Waals surface area contributed by atoms with E-state index in [1.807, 2.05) is 6.07 Å². The average molecular weight is 285 g/mol. The van der Waals surface area contributed by atoms with Crippen molar-refractivity contribution in [3.8, 4) is 11.5 Å². The monoisotopic (exact) mass is 284 g/mol. The van der Waals surface area contributed by atoms with E-state index in [1.165, 1.54) is 0 Å². The second kappa shape index (κ2) is 5.57. The number of aliphatic hydroxyl groups excluding tert-OH is 1. The van der Waals surface area contributed by atoms with Crippen molar-refractivity contribution in [3.05, 3.63) is 22.7 Å². The maximum absolute atomic E-state index is 10.5. The van der Waals surface area contributed by atoms with Crippen LogP contribution in [0.2, 0.25) is 5.02 Å². The zero-order chi connectivity index (χ0) is 13.2. The third-order valence-electron chi connectivity index (χ3n) is 3.67. The summed E-state index contributed by atoms with van der Waals surface area (Å²) in [5.74, 6) is 1.42. The molecule has 0 saturated carbocycles. The average Bonchev–Trinajstić information content (AvgIpc) is 2.47. The van der Waals surface area contributed by atoms with Gasteiger partial charge in [-0.05, 0) is 36.5 Å². The Bertz CT molecular complexity index is 457. The molecule has 1 aromatic carbocycles. The van der Waals surface area contributed by atoms with Crippen LogP contribution in [-0.4, -0.2) is 31.5 Å². The van der Waals surface area contributed by atoms with Gasteiger partial charge in [-0.25, -0.2) is 0 Å². The normalized spacial score (nSPS) is 21.2. The van der Waals surface area contributed by atoms with Crippen LogP contribution in [-0.2, 0) is 4.74 Å². The predicted octanol–water partition coefficient (Wildman–Crippen LogP) is 2.57. The Labute approximate surface area is 117 Å². The van der Waals surface area contributed by atoms with E-state index >= 15 is 0 Å². The topological polar surface area (TPSA) is 47.9 Å². The van der Waals surface area contributed by atoms with Gasteiger partial charge in [0, 0.05) is 13.2 Å². The first-order chi connectivity index (χ1) is 9.25. The predicted molar refractivity (Wildman–Crippen MR) is 70.9 cm³/mol. The van der Waals surface area contributed by atoms with Crippen molar-refractivity contribution in [2.24, 2.45) is 5.92 Å². The van der Waals surface area contributed by atoms with Gasteiger partial charge < -0.3 is 19.3 Å². The molecule has 0 amide bonds. The van der Waals surface area contributed by atoms with Gasteiger partial charge in [-0.15, -0.1) is 0 Å². The van der Waals surface area contributed by atoms with Crippen molar-refractivity contribution in [2.45, 2.75) is 18.9 Å². The highest BCUT2D eigenvalue weighted by Crippen LogP contribution is 2.41. The third kappa shape index (κ3) is 2.66. The molecule has 1 atom stereocenters. The third-order valence-corrected chi connectivity index (χ3v) is 3.95. The lowest BCUT2D eigenvalue weighted by atomic mass is 9.89. The van der Waals surface area contributed by atoms with Gasteiger partial charge >= 0.3 is 0 Å². The fraction of sp³-hybridized carbons (Fsp3) is 0.571. The molecular weight excluding hydrogens is 268 g/mol. The highest BCUT2D eigenvalue weighted by atomic mass is 35.5. The van der Waals surface area contributed by atoms with Crippen LogP contribution >= 0.6 is 11.6 Å². The molecule has 4 nitrogen and oxygen atoms in total. The van der Waals surface area contributed by atoms with Gasteiger partial charge in [-0.1, -0.05) is 11.6 Å². The van der Waals surface area contributed by atoms with Gasteiger partial charge in [0.15, 0.2) is 11.5 Å². The molecule has 1 N–H and O–H groups in total. The summed E-state index contributed by atoms with van der Waals surface area (Å²) in [6.45, 7) is 2.44. The lowest BCUT2D eigenvalue weighted by Gasteiger charge is -2.28. The molecule has 0 bridgehead atoms. The molecule has 1 aromatic rings. The maximum atomic E-state index is 10.5. The van der Waals surface area contributed by atoms with E-state index in [2.05, 4.69) is 0 Å². The van der Waals surface area contributed by atoms with Crippen molar-refractivity contribution in [1.29, 1.82) is 0 Å². The van der Waals surface area contributed by atoms with Gasteiger partial charge in [0.25, 0.3) is 0 Å². The minimum Gasteiger partial charge on any atom is -0.486 e. The molecule has 1 saturated heterocycles. The standard InChI is InChI=1S/C14H17ClO4/c15-11-7-10(8-12-14(11)19-6-5-18-12)13(16)9-1-3-17-4-2-9/h7-9,13,16H,1-6H2. The van der Waals surface area contributed by atoms with Gasteiger partial charge in [-0.2, -0.15) is 0 Å². The second-order valence-corrected chi connectivity index (χ2v) is 5.33. The quantitative estimate of drug-likeness (QED) is 0.907. The van der Waals surface area contributed by atoms with E-state index in [0.29, 0.717) is 42.9 Å². The summed E-state index contributed by atoms with van der Waals surface area (Å²) in [5, 5.41) is 11.0. The van der Waals surface area contributed by atoms with Crippen LogP contribution in [0, 0.1) is 5.92 Å². The zero-order valence-electron chi connectivity index (χ0n) is 10.6. The van der Waals surface area contributed by atoms with Crippen LogP contribution < -0.4 is 9.47 Å². The second-order valence-electron chi connectivity index (χ2n) is 4.92.